The quantitative estimate of drug-likeness (QED) is 0.656. The van der Waals surface area contributed by atoms with Gasteiger partial charge in [0.25, 0.3) is 0 Å². The molecule has 1 unspecified atom stereocenters. The predicted molar refractivity (Wildman–Crippen MR) is 79.4 cm³/mol. The fraction of sp³-hybridized carbons (Fsp3) is 0.875. The van der Waals surface area contributed by atoms with Crippen molar-refractivity contribution in [1.29, 1.82) is 0 Å². The normalized spacial score (nSPS) is 13.6. The number of carbonyl (C=O) groups excluding carboxylic acids is 1. The molecule has 0 fully saturated rings. The van der Waals surface area contributed by atoms with Gasteiger partial charge in [-0.25, -0.2) is 0 Å². The van der Waals surface area contributed by atoms with E-state index in [0.29, 0.717) is 18.4 Å². The largest absolute Gasteiger partial charge is 0.481 e. The van der Waals surface area contributed by atoms with E-state index in [-0.39, 0.29) is 12.4 Å². The molecule has 1 atom stereocenters. The minimum Gasteiger partial charge on any atom is -0.481 e. The molecule has 0 radical (unpaired) electrons. The fourth-order valence-corrected chi connectivity index (χ4v) is 3.18. The highest BCUT2D eigenvalue weighted by Gasteiger charge is 2.43. The number of carbonyl (C=O) groups is 2. The van der Waals surface area contributed by atoms with Gasteiger partial charge in [-0.05, 0) is 37.0 Å². The molecular weight excluding hydrogens is 256 g/mol. The first-order chi connectivity index (χ1) is 9.14. The first-order valence-electron chi connectivity index (χ1n) is 7.53. The van der Waals surface area contributed by atoms with Crippen LogP contribution < -0.4 is 0 Å². The highest BCUT2D eigenvalue weighted by molar-refractivity contribution is 5.75. The van der Waals surface area contributed by atoms with E-state index < -0.39 is 17.3 Å². The van der Waals surface area contributed by atoms with E-state index in [9.17, 15) is 14.7 Å². The number of carboxylic acids is 1. The summed E-state index contributed by atoms with van der Waals surface area (Å²) in [6.07, 6.45) is 1.46. The zero-order valence-electron chi connectivity index (χ0n) is 13.7. The maximum absolute atomic E-state index is 12.1. The molecule has 4 nitrogen and oxygen atoms in total. The van der Waals surface area contributed by atoms with E-state index in [1.807, 2.05) is 6.92 Å². The van der Waals surface area contributed by atoms with Crippen LogP contribution in [0.5, 0.6) is 0 Å². The van der Waals surface area contributed by atoms with Gasteiger partial charge in [-0.3, -0.25) is 9.59 Å². The maximum Gasteiger partial charge on any atom is 0.309 e. The lowest BCUT2D eigenvalue weighted by molar-refractivity contribution is -0.156. The molecule has 0 bridgehead atoms. The second-order valence-electron chi connectivity index (χ2n) is 6.60. The third-order valence-corrected chi connectivity index (χ3v) is 3.69. The number of rotatable bonds is 9. The van der Waals surface area contributed by atoms with Gasteiger partial charge in [-0.15, -0.1) is 0 Å². The van der Waals surface area contributed by atoms with Crippen LogP contribution in [0, 0.1) is 23.2 Å². The van der Waals surface area contributed by atoms with Gasteiger partial charge in [-0.1, -0.05) is 34.6 Å². The number of aliphatic carboxylic acids is 1. The number of hydrogen-bond donors (Lipinski definition) is 1. The van der Waals surface area contributed by atoms with Gasteiger partial charge in [0.1, 0.15) is 0 Å². The molecule has 0 spiro atoms. The summed E-state index contributed by atoms with van der Waals surface area (Å²) >= 11 is 0. The summed E-state index contributed by atoms with van der Waals surface area (Å²) < 4.78 is 5.12. The van der Waals surface area contributed by atoms with Crippen molar-refractivity contribution >= 4 is 11.9 Å². The summed E-state index contributed by atoms with van der Waals surface area (Å²) in [6, 6.07) is 0. The molecular formula is C16H30O4. The maximum atomic E-state index is 12.1. The Morgan fingerprint density at radius 2 is 1.50 bits per heavy atom. The molecule has 0 aromatic rings. The highest BCUT2D eigenvalue weighted by atomic mass is 16.5. The molecule has 0 aliphatic rings. The van der Waals surface area contributed by atoms with Crippen LogP contribution in [0.2, 0.25) is 0 Å². The van der Waals surface area contributed by atoms with Crippen LogP contribution in [0.1, 0.15) is 60.8 Å². The molecule has 0 amide bonds. The zero-order valence-corrected chi connectivity index (χ0v) is 13.7. The van der Waals surface area contributed by atoms with Crippen molar-refractivity contribution < 1.29 is 19.4 Å². The van der Waals surface area contributed by atoms with Crippen molar-refractivity contribution in [3.63, 3.8) is 0 Å². The molecule has 0 aromatic heterocycles. The Balaban J connectivity index is 5.43. The van der Waals surface area contributed by atoms with Gasteiger partial charge >= 0.3 is 11.9 Å². The summed E-state index contributed by atoms with van der Waals surface area (Å²) in [6.45, 7) is 12.2. The second-order valence-corrected chi connectivity index (χ2v) is 6.60. The molecule has 20 heavy (non-hydrogen) atoms. The molecule has 0 aliphatic heterocycles. The van der Waals surface area contributed by atoms with E-state index in [4.69, 9.17) is 4.74 Å². The third kappa shape index (κ3) is 5.93. The lowest BCUT2D eigenvalue weighted by atomic mass is 9.64. The van der Waals surface area contributed by atoms with E-state index in [1.54, 1.807) is 6.92 Å². The van der Waals surface area contributed by atoms with Crippen LogP contribution in [0.3, 0.4) is 0 Å². The lowest BCUT2D eigenvalue weighted by Gasteiger charge is -2.39. The Labute approximate surface area is 122 Å². The average molecular weight is 286 g/mol. The molecule has 1 N–H and O–H groups in total. The SMILES string of the molecule is CCOC(=O)C(C)C(CC(=O)O)(CC(C)C)CC(C)C. The van der Waals surface area contributed by atoms with Crippen molar-refractivity contribution in [3.8, 4) is 0 Å². The number of ether oxygens (including phenoxy) is 1. The Kier molecular flexibility index (Phi) is 7.84. The first-order valence-corrected chi connectivity index (χ1v) is 7.53. The van der Waals surface area contributed by atoms with Crippen molar-refractivity contribution in [3.05, 3.63) is 0 Å². The van der Waals surface area contributed by atoms with Gasteiger partial charge in [0.2, 0.25) is 0 Å². The van der Waals surface area contributed by atoms with E-state index in [2.05, 4.69) is 27.7 Å². The van der Waals surface area contributed by atoms with Crippen LogP contribution in [-0.2, 0) is 14.3 Å². The van der Waals surface area contributed by atoms with E-state index in [1.165, 1.54) is 0 Å². The van der Waals surface area contributed by atoms with Crippen molar-refractivity contribution in [2.45, 2.75) is 60.8 Å². The highest BCUT2D eigenvalue weighted by Crippen LogP contribution is 2.44. The van der Waals surface area contributed by atoms with Gasteiger partial charge in [0.05, 0.1) is 18.9 Å². The van der Waals surface area contributed by atoms with Crippen molar-refractivity contribution in [1.82, 2.24) is 0 Å². The second kappa shape index (κ2) is 8.28. The summed E-state index contributed by atoms with van der Waals surface area (Å²) in [4.78, 5) is 23.4. The molecule has 0 aliphatic carbocycles. The lowest BCUT2D eigenvalue weighted by Crippen LogP contribution is -2.39. The molecule has 0 rings (SSSR count). The monoisotopic (exact) mass is 286 g/mol. The smallest absolute Gasteiger partial charge is 0.309 e. The minimum absolute atomic E-state index is 0.0172. The van der Waals surface area contributed by atoms with Crippen LogP contribution in [0.15, 0.2) is 0 Å². The summed E-state index contributed by atoms with van der Waals surface area (Å²) in [5.41, 5.74) is -0.527. The fourth-order valence-electron chi connectivity index (χ4n) is 3.18. The van der Waals surface area contributed by atoms with Crippen molar-refractivity contribution in [2.75, 3.05) is 6.61 Å². The number of hydrogen-bond acceptors (Lipinski definition) is 3. The summed E-state index contributed by atoms with van der Waals surface area (Å²) in [5, 5.41) is 9.28. The number of esters is 1. The molecule has 0 aromatic carbocycles. The van der Waals surface area contributed by atoms with Crippen LogP contribution in [0.4, 0.5) is 0 Å². The molecule has 0 saturated carbocycles. The summed E-state index contributed by atoms with van der Waals surface area (Å²) in [7, 11) is 0. The van der Waals surface area contributed by atoms with Gasteiger partial charge in [0, 0.05) is 0 Å². The molecule has 0 saturated heterocycles. The van der Waals surface area contributed by atoms with E-state index in [0.717, 1.165) is 12.8 Å². The minimum atomic E-state index is -0.845. The molecule has 0 heterocycles. The van der Waals surface area contributed by atoms with Crippen LogP contribution in [-0.4, -0.2) is 23.7 Å². The number of carboxylic acid groups (broad SMARTS) is 1. The Hall–Kier alpha value is -1.06. The third-order valence-electron chi connectivity index (χ3n) is 3.69. The van der Waals surface area contributed by atoms with Gasteiger partial charge < -0.3 is 9.84 Å². The summed E-state index contributed by atoms with van der Waals surface area (Å²) in [5.74, 6) is -0.851. The zero-order chi connectivity index (χ0) is 15.9. The Morgan fingerprint density at radius 1 is 1.05 bits per heavy atom. The van der Waals surface area contributed by atoms with Gasteiger partial charge in [-0.2, -0.15) is 0 Å². The van der Waals surface area contributed by atoms with Crippen LogP contribution in [0.25, 0.3) is 0 Å². The predicted octanol–water partition coefficient (Wildman–Crippen LogP) is 3.74. The van der Waals surface area contributed by atoms with E-state index >= 15 is 0 Å². The Morgan fingerprint density at radius 3 is 1.80 bits per heavy atom. The molecule has 118 valence electrons. The first kappa shape index (κ1) is 18.9. The topological polar surface area (TPSA) is 63.6 Å². The Bertz CT molecular complexity index is 310. The van der Waals surface area contributed by atoms with Crippen molar-refractivity contribution in [2.24, 2.45) is 23.2 Å². The van der Waals surface area contributed by atoms with Crippen LogP contribution >= 0.6 is 0 Å². The van der Waals surface area contributed by atoms with Gasteiger partial charge in [0.15, 0.2) is 0 Å². The molecule has 4 heteroatoms. The standard InChI is InChI=1S/C16H30O4/c1-7-20-15(19)13(6)16(8-11(2)3,9-12(4)5)10-14(17)18/h11-13H,7-10H2,1-6H3,(H,17,18). The average Bonchev–Trinajstić information content (AvgIpc) is 2.25.